The van der Waals surface area contributed by atoms with E-state index in [4.69, 9.17) is 5.73 Å². The number of hydrogen-bond acceptors (Lipinski definition) is 6. The molecule has 108 valence electrons. The molecule has 1 unspecified atom stereocenters. The Hall–Kier alpha value is -2.07. The van der Waals surface area contributed by atoms with Gasteiger partial charge < -0.3 is 5.73 Å². The van der Waals surface area contributed by atoms with Crippen molar-refractivity contribution in [3.63, 3.8) is 0 Å². The van der Waals surface area contributed by atoms with Gasteiger partial charge in [-0.15, -0.1) is 10.2 Å². The van der Waals surface area contributed by atoms with Crippen LogP contribution in [-0.2, 0) is 10.0 Å². The van der Waals surface area contributed by atoms with Gasteiger partial charge in [-0.25, -0.2) is 17.5 Å². The van der Waals surface area contributed by atoms with Crippen molar-refractivity contribution in [1.29, 1.82) is 0 Å². The molecule has 1 aromatic carbocycles. The first-order valence-corrected chi connectivity index (χ1v) is 7.11. The summed E-state index contributed by atoms with van der Waals surface area (Å²) in [5.74, 6) is -0.693. The number of nitrogens with two attached hydrogens (primary N) is 1. The van der Waals surface area contributed by atoms with Crippen LogP contribution in [0.3, 0.4) is 0 Å². The monoisotopic (exact) mass is 300 g/mol. The zero-order valence-corrected chi connectivity index (χ0v) is 11.6. The highest BCUT2D eigenvalue weighted by Crippen LogP contribution is 2.22. The summed E-state index contributed by atoms with van der Waals surface area (Å²) in [6, 6.07) is 1.66. The van der Waals surface area contributed by atoms with E-state index in [1.807, 2.05) is 0 Å². The van der Waals surface area contributed by atoms with E-state index in [9.17, 15) is 12.8 Å². The van der Waals surface area contributed by atoms with E-state index in [2.05, 4.69) is 25.3 Å². The molecule has 0 aliphatic heterocycles. The van der Waals surface area contributed by atoms with Crippen LogP contribution in [0.5, 0.6) is 0 Å². The predicted molar refractivity (Wildman–Crippen MR) is 68.5 cm³/mol. The largest absolute Gasteiger partial charge is 0.399 e. The zero-order valence-electron chi connectivity index (χ0n) is 10.8. The van der Waals surface area contributed by atoms with Gasteiger partial charge in [0.15, 0.2) is 5.82 Å². The van der Waals surface area contributed by atoms with Crippen LogP contribution in [-0.4, -0.2) is 29.0 Å². The number of rotatable bonds is 4. The van der Waals surface area contributed by atoms with Crippen LogP contribution in [0.4, 0.5) is 10.1 Å². The summed E-state index contributed by atoms with van der Waals surface area (Å²) in [7, 11) is -4.09. The SMILES string of the molecule is Cc1cc(N)cc(S(=O)(=O)NC(C)c2nn[nH]n2)c1F. The van der Waals surface area contributed by atoms with Crippen molar-refractivity contribution in [3.05, 3.63) is 29.3 Å². The third kappa shape index (κ3) is 2.75. The summed E-state index contributed by atoms with van der Waals surface area (Å²) < 4.78 is 40.5. The molecule has 0 radical (unpaired) electrons. The van der Waals surface area contributed by atoms with Gasteiger partial charge in [-0.2, -0.15) is 5.21 Å². The lowest BCUT2D eigenvalue weighted by Gasteiger charge is -2.13. The Balaban J connectivity index is 2.36. The molecule has 1 heterocycles. The van der Waals surface area contributed by atoms with Crippen molar-refractivity contribution in [2.24, 2.45) is 0 Å². The van der Waals surface area contributed by atoms with E-state index < -0.39 is 26.8 Å². The predicted octanol–water partition coefficient (Wildman–Crippen LogP) is 0.269. The summed E-state index contributed by atoms with van der Waals surface area (Å²) in [6.45, 7) is 2.95. The highest BCUT2D eigenvalue weighted by atomic mass is 32.2. The molecule has 8 nitrogen and oxygen atoms in total. The Kier molecular flexibility index (Phi) is 3.68. The van der Waals surface area contributed by atoms with Gasteiger partial charge in [0.25, 0.3) is 0 Å². The summed E-state index contributed by atoms with van der Waals surface area (Å²) in [4.78, 5) is -0.509. The molecule has 1 atom stereocenters. The van der Waals surface area contributed by atoms with Crippen molar-refractivity contribution in [2.75, 3.05) is 5.73 Å². The first kappa shape index (κ1) is 14.3. The maximum Gasteiger partial charge on any atom is 0.244 e. The second-order valence-electron chi connectivity index (χ2n) is 4.26. The van der Waals surface area contributed by atoms with E-state index in [1.165, 1.54) is 19.9 Å². The van der Waals surface area contributed by atoms with Crippen LogP contribution in [0, 0.1) is 12.7 Å². The maximum atomic E-state index is 13.9. The number of sulfonamides is 1. The van der Waals surface area contributed by atoms with Gasteiger partial charge >= 0.3 is 0 Å². The smallest absolute Gasteiger partial charge is 0.244 e. The minimum Gasteiger partial charge on any atom is -0.399 e. The highest BCUT2D eigenvalue weighted by molar-refractivity contribution is 7.89. The van der Waals surface area contributed by atoms with Crippen molar-refractivity contribution in [3.8, 4) is 0 Å². The minimum atomic E-state index is -4.09. The molecule has 0 saturated carbocycles. The number of nitrogens with zero attached hydrogens (tertiary/aromatic N) is 3. The fraction of sp³-hybridized carbons (Fsp3) is 0.300. The van der Waals surface area contributed by atoms with E-state index >= 15 is 0 Å². The van der Waals surface area contributed by atoms with Gasteiger partial charge in [0.2, 0.25) is 10.0 Å². The van der Waals surface area contributed by atoms with Crippen molar-refractivity contribution >= 4 is 15.7 Å². The molecule has 2 aromatic rings. The highest BCUT2D eigenvalue weighted by Gasteiger charge is 2.25. The first-order valence-electron chi connectivity index (χ1n) is 5.62. The lowest BCUT2D eigenvalue weighted by atomic mass is 10.2. The van der Waals surface area contributed by atoms with Gasteiger partial charge in [-0.1, -0.05) is 5.21 Å². The average Bonchev–Trinajstić information content (AvgIpc) is 2.86. The zero-order chi connectivity index (χ0) is 14.9. The molecule has 0 fully saturated rings. The molecule has 0 bridgehead atoms. The summed E-state index contributed by atoms with van der Waals surface area (Å²) in [5, 5.41) is 12.9. The molecule has 0 aliphatic rings. The van der Waals surface area contributed by atoms with Crippen molar-refractivity contribution < 1.29 is 12.8 Å². The van der Waals surface area contributed by atoms with Gasteiger partial charge in [-0.3, -0.25) is 0 Å². The lowest BCUT2D eigenvalue weighted by Crippen LogP contribution is -2.28. The Morgan fingerprint density at radius 2 is 2.15 bits per heavy atom. The number of anilines is 1. The fourth-order valence-corrected chi connectivity index (χ4v) is 3.05. The molecule has 0 saturated heterocycles. The molecule has 0 amide bonds. The third-order valence-corrected chi connectivity index (χ3v) is 4.15. The van der Waals surface area contributed by atoms with Gasteiger partial charge in [0, 0.05) is 5.69 Å². The number of nitrogens with one attached hydrogen (secondary N) is 2. The van der Waals surface area contributed by atoms with Gasteiger partial charge in [-0.05, 0) is 31.5 Å². The molecular weight excluding hydrogens is 287 g/mol. The van der Waals surface area contributed by atoms with Gasteiger partial charge in [0.1, 0.15) is 10.7 Å². The summed E-state index contributed by atoms with van der Waals surface area (Å²) in [6.07, 6.45) is 0. The summed E-state index contributed by atoms with van der Waals surface area (Å²) >= 11 is 0. The number of aryl methyl sites for hydroxylation is 1. The number of benzene rings is 1. The second-order valence-corrected chi connectivity index (χ2v) is 5.95. The molecule has 10 heteroatoms. The quantitative estimate of drug-likeness (QED) is 0.695. The Labute approximate surface area is 114 Å². The van der Waals surface area contributed by atoms with Crippen LogP contribution in [0.1, 0.15) is 24.4 Å². The Morgan fingerprint density at radius 1 is 1.45 bits per heavy atom. The molecular formula is C10H13FN6O2S. The Morgan fingerprint density at radius 3 is 2.75 bits per heavy atom. The van der Waals surface area contributed by atoms with Crippen LogP contribution in [0.25, 0.3) is 0 Å². The number of aromatic nitrogens is 4. The number of tetrazole rings is 1. The van der Waals surface area contributed by atoms with E-state index in [0.29, 0.717) is 0 Å². The molecule has 4 N–H and O–H groups in total. The number of hydrogen-bond donors (Lipinski definition) is 3. The number of H-pyrrole nitrogens is 1. The van der Waals surface area contributed by atoms with E-state index in [0.717, 1.165) is 6.07 Å². The van der Waals surface area contributed by atoms with Crippen molar-refractivity contribution in [2.45, 2.75) is 24.8 Å². The average molecular weight is 300 g/mol. The fourth-order valence-electron chi connectivity index (χ4n) is 1.66. The standard InChI is InChI=1S/C10H13FN6O2S/c1-5-3-7(12)4-8(9(5)11)20(18,19)15-6(2)10-13-16-17-14-10/h3-4,6,15H,12H2,1-2H3,(H,13,14,16,17). The second kappa shape index (κ2) is 5.13. The summed E-state index contributed by atoms with van der Waals surface area (Å²) in [5.41, 5.74) is 5.87. The normalized spacial score (nSPS) is 13.3. The lowest BCUT2D eigenvalue weighted by molar-refractivity contribution is 0.539. The number of nitrogen functional groups attached to an aromatic ring is 1. The number of halogens is 1. The van der Waals surface area contributed by atoms with Crippen LogP contribution in [0.2, 0.25) is 0 Å². The van der Waals surface area contributed by atoms with E-state index in [-0.39, 0.29) is 17.1 Å². The first-order chi connectivity index (χ1) is 9.31. The molecule has 1 aromatic heterocycles. The Bertz CT molecular complexity index is 716. The van der Waals surface area contributed by atoms with Crippen LogP contribution in [0.15, 0.2) is 17.0 Å². The number of aromatic amines is 1. The van der Waals surface area contributed by atoms with Gasteiger partial charge in [0.05, 0.1) is 6.04 Å². The third-order valence-electron chi connectivity index (χ3n) is 2.61. The molecule has 0 spiro atoms. The van der Waals surface area contributed by atoms with Crippen molar-refractivity contribution in [1.82, 2.24) is 25.3 Å². The van der Waals surface area contributed by atoms with Crippen LogP contribution < -0.4 is 10.5 Å². The molecule has 2 rings (SSSR count). The molecule has 20 heavy (non-hydrogen) atoms. The van der Waals surface area contributed by atoms with E-state index in [1.54, 1.807) is 0 Å². The molecule has 0 aliphatic carbocycles. The van der Waals surface area contributed by atoms with Crippen LogP contribution >= 0.6 is 0 Å². The maximum absolute atomic E-state index is 13.9. The minimum absolute atomic E-state index is 0.148. The topological polar surface area (TPSA) is 127 Å².